The van der Waals surface area contributed by atoms with Crippen LogP contribution in [0.15, 0.2) is 61.2 Å². The molecule has 0 spiro atoms. The Morgan fingerprint density at radius 1 is 1.35 bits per heavy atom. The summed E-state index contributed by atoms with van der Waals surface area (Å²) in [6.45, 7) is 7.38. The maximum absolute atomic E-state index is 6.34. The van der Waals surface area contributed by atoms with Gasteiger partial charge in [-0.1, -0.05) is 60.3 Å². The number of nitrogens with zero attached hydrogens (tertiary/aromatic N) is 3. The molecule has 0 N–H and O–H groups in total. The Balaban J connectivity index is 2.49. The number of hydrogen-bond donors (Lipinski definition) is 0. The van der Waals surface area contributed by atoms with E-state index in [1.807, 2.05) is 24.3 Å². The van der Waals surface area contributed by atoms with Crippen LogP contribution in [-0.2, 0) is 0 Å². The number of hydrogen-bond acceptors (Lipinski definition) is 2. The van der Waals surface area contributed by atoms with Gasteiger partial charge in [-0.15, -0.1) is 5.10 Å². The first-order valence-electron chi connectivity index (χ1n) is 5.17. The van der Waals surface area contributed by atoms with Gasteiger partial charge in [-0.25, -0.2) is 4.68 Å². The SMILES string of the molecule is C=C/C=C(/C=C)C(Cl)n1nnc2ccccc21. The largest absolute Gasteiger partial charge is 0.222 e. The second kappa shape index (κ2) is 4.97. The summed E-state index contributed by atoms with van der Waals surface area (Å²) in [5.41, 5.74) is 2.11. The van der Waals surface area contributed by atoms with Crippen molar-refractivity contribution < 1.29 is 0 Å². The highest BCUT2D eigenvalue weighted by Crippen LogP contribution is 2.25. The third kappa shape index (κ3) is 2.15. The first kappa shape index (κ1) is 11.6. The third-order valence-corrected chi connectivity index (χ3v) is 2.85. The highest BCUT2D eigenvalue weighted by molar-refractivity contribution is 6.21. The van der Waals surface area contributed by atoms with E-state index in [0.717, 1.165) is 16.6 Å². The number of alkyl halides is 1. The minimum absolute atomic E-state index is 0.433. The summed E-state index contributed by atoms with van der Waals surface area (Å²) in [4.78, 5) is 0. The third-order valence-electron chi connectivity index (χ3n) is 2.41. The molecule has 2 aromatic rings. The Morgan fingerprint density at radius 3 is 2.82 bits per heavy atom. The summed E-state index contributed by atoms with van der Waals surface area (Å²) in [6.07, 6.45) is 5.17. The molecule has 0 saturated heterocycles. The molecule has 0 aliphatic carbocycles. The summed E-state index contributed by atoms with van der Waals surface area (Å²) < 4.78 is 1.66. The summed E-state index contributed by atoms with van der Waals surface area (Å²) in [7, 11) is 0. The lowest BCUT2D eigenvalue weighted by molar-refractivity contribution is 0.647. The fourth-order valence-electron chi connectivity index (χ4n) is 1.58. The molecule has 0 bridgehead atoms. The Bertz CT molecular complexity index is 583. The van der Waals surface area contributed by atoms with E-state index < -0.39 is 5.50 Å². The van der Waals surface area contributed by atoms with Crippen LogP contribution in [0.4, 0.5) is 0 Å². The fraction of sp³-hybridized carbons (Fsp3) is 0.0769. The van der Waals surface area contributed by atoms with Crippen LogP contribution in [0.1, 0.15) is 5.50 Å². The van der Waals surface area contributed by atoms with Crippen molar-refractivity contribution in [3.05, 3.63) is 61.2 Å². The molecule has 1 aromatic carbocycles. The van der Waals surface area contributed by atoms with E-state index in [9.17, 15) is 0 Å². The van der Waals surface area contributed by atoms with Crippen molar-refractivity contribution in [2.45, 2.75) is 5.50 Å². The zero-order valence-corrected chi connectivity index (χ0v) is 10.0. The molecule has 0 fully saturated rings. The maximum Gasteiger partial charge on any atom is 0.153 e. The van der Waals surface area contributed by atoms with Gasteiger partial charge >= 0.3 is 0 Å². The van der Waals surface area contributed by atoms with Crippen molar-refractivity contribution in [3.8, 4) is 0 Å². The molecule has 4 heteroatoms. The predicted molar refractivity (Wildman–Crippen MR) is 70.9 cm³/mol. The molecule has 2 rings (SSSR count). The summed E-state index contributed by atoms with van der Waals surface area (Å²) in [5.74, 6) is 0. The van der Waals surface area contributed by atoms with Gasteiger partial charge < -0.3 is 0 Å². The van der Waals surface area contributed by atoms with Crippen LogP contribution in [0.25, 0.3) is 11.0 Å². The Morgan fingerprint density at radius 2 is 2.12 bits per heavy atom. The van der Waals surface area contributed by atoms with Crippen molar-refractivity contribution in [1.29, 1.82) is 0 Å². The van der Waals surface area contributed by atoms with Crippen LogP contribution in [0.2, 0.25) is 0 Å². The van der Waals surface area contributed by atoms with Gasteiger partial charge in [0.1, 0.15) is 5.52 Å². The van der Waals surface area contributed by atoms with Crippen LogP contribution in [0, 0.1) is 0 Å². The molecule has 3 nitrogen and oxygen atoms in total. The molecule has 0 aliphatic heterocycles. The maximum atomic E-state index is 6.34. The lowest BCUT2D eigenvalue weighted by Crippen LogP contribution is -2.06. The summed E-state index contributed by atoms with van der Waals surface area (Å²) in [5, 5.41) is 8.12. The molecule has 86 valence electrons. The normalized spacial score (nSPS) is 13.6. The molecule has 0 aliphatic rings. The number of para-hydroxylation sites is 1. The first-order valence-corrected chi connectivity index (χ1v) is 5.60. The lowest BCUT2D eigenvalue weighted by Gasteiger charge is -2.11. The number of allylic oxidation sites excluding steroid dienone is 4. The molecule has 1 unspecified atom stereocenters. The van der Waals surface area contributed by atoms with Crippen molar-refractivity contribution in [3.63, 3.8) is 0 Å². The molecule has 0 amide bonds. The quantitative estimate of drug-likeness (QED) is 0.610. The van der Waals surface area contributed by atoms with Gasteiger partial charge in [-0.2, -0.15) is 0 Å². The van der Waals surface area contributed by atoms with E-state index in [1.165, 1.54) is 0 Å². The first-order chi connectivity index (χ1) is 8.27. The standard InChI is InChI=1S/C13H12ClN3/c1-3-7-10(4-2)13(14)17-12-9-6-5-8-11(12)15-16-17/h3-9,13H,1-2H2/b10-7-. The van der Waals surface area contributed by atoms with Gasteiger partial charge in [0.2, 0.25) is 0 Å². The molecule has 0 saturated carbocycles. The zero-order chi connectivity index (χ0) is 12.3. The zero-order valence-electron chi connectivity index (χ0n) is 9.25. The highest BCUT2D eigenvalue weighted by Gasteiger charge is 2.14. The average molecular weight is 246 g/mol. The molecule has 1 heterocycles. The number of fused-ring (bicyclic) bond motifs is 1. The van der Waals surface area contributed by atoms with Gasteiger partial charge in [-0.3, -0.25) is 0 Å². The Labute approximate surface area is 105 Å². The molecule has 1 aromatic heterocycles. The second-order valence-corrected chi connectivity index (χ2v) is 3.88. The van der Waals surface area contributed by atoms with E-state index >= 15 is 0 Å². The summed E-state index contributed by atoms with van der Waals surface area (Å²) >= 11 is 6.34. The van der Waals surface area contributed by atoms with E-state index in [4.69, 9.17) is 11.6 Å². The van der Waals surface area contributed by atoms with Crippen LogP contribution >= 0.6 is 11.6 Å². The monoisotopic (exact) mass is 245 g/mol. The van der Waals surface area contributed by atoms with Crippen molar-refractivity contribution in [2.75, 3.05) is 0 Å². The van der Waals surface area contributed by atoms with Crippen molar-refractivity contribution >= 4 is 22.6 Å². The topological polar surface area (TPSA) is 30.7 Å². The minimum Gasteiger partial charge on any atom is -0.222 e. The van der Waals surface area contributed by atoms with Crippen LogP contribution in [0.5, 0.6) is 0 Å². The van der Waals surface area contributed by atoms with Gasteiger partial charge in [0.05, 0.1) is 5.52 Å². The Hall–Kier alpha value is -1.87. The molecule has 1 atom stereocenters. The van der Waals surface area contributed by atoms with Crippen LogP contribution in [-0.4, -0.2) is 15.0 Å². The highest BCUT2D eigenvalue weighted by atomic mass is 35.5. The predicted octanol–water partition coefficient (Wildman–Crippen LogP) is 3.47. The van der Waals surface area contributed by atoms with E-state index in [1.54, 1.807) is 22.9 Å². The number of benzene rings is 1. The minimum atomic E-state index is -0.433. The van der Waals surface area contributed by atoms with Crippen molar-refractivity contribution in [1.82, 2.24) is 15.0 Å². The molecular formula is C13H12ClN3. The van der Waals surface area contributed by atoms with Gasteiger partial charge in [-0.05, 0) is 17.7 Å². The van der Waals surface area contributed by atoms with E-state index in [2.05, 4.69) is 23.5 Å². The molecule has 17 heavy (non-hydrogen) atoms. The van der Waals surface area contributed by atoms with Crippen molar-refractivity contribution in [2.24, 2.45) is 0 Å². The summed E-state index contributed by atoms with van der Waals surface area (Å²) in [6, 6.07) is 7.67. The molecule has 0 radical (unpaired) electrons. The number of rotatable bonds is 4. The smallest absolute Gasteiger partial charge is 0.153 e. The van der Waals surface area contributed by atoms with Gasteiger partial charge in [0, 0.05) is 0 Å². The van der Waals surface area contributed by atoms with Gasteiger partial charge in [0.15, 0.2) is 5.50 Å². The van der Waals surface area contributed by atoms with E-state index in [-0.39, 0.29) is 0 Å². The second-order valence-electron chi connectivity index (χ2n) is 3.47. The van der Waals surface area contributed by atoms with Gasteiger partial charge in [0.25, 0.3) is 0 Å². The van der Waals surface area contributed by atoms with Crippen LogP contribution < -0.4 is 0 Å². The average Bonchev–Trinajstić information content (AvgIpc) is 2.79. The fourth-order valence-corrected chi connectivity index (χ4v) is 1.88. The van der Waals surface area contributed by atoms with E-state index in [0.29, 0.717) is 0 Å². The number of aromatic nitrogens is 3. The molecular weight excluding hydrogens is 234 g/mol. The van der Waals surface area contributed by atoms with Crippen LogP contribution in [0.3, 0.4) is 0 Å². The lowest BCUT2D eigenvalue weighted by atomic mass is 10.2. The Kier molecular flexibility index (Phi) is 3.40. The number of halogens is 1.